The van der Waals surface area contributed by atoms with Gasteiger partial charge in [-0.1, -0.05) is 12.7 Å². The summed E-state index contributed by atoms with van der Waals surface area (Å²) in [4.78, 5) is 0. The van der Waals surface area contributed by atoms with Crippen molar-refractivity contribution in [2.75, 3.05) is 11.0 Å². The molecule has 0 spiro atoms. The fraction of sp³-hybridized carbons (Fsp3) is 0.286. The van der Waals surface area contributed by atoms with Gasteiger partial charge in [-0.05, 0) is 37.6 Å². The van der Waals surface area contributed by atoms with Crippen LogP contribution in [-0.4, -0.2) is 20.3 Å². The Bertz CT molecular complexity index is 657. The number of benzene rings is 1. The van der Waals surface area contributed by atoms with Gasteiger partial charge in [-0.3, -0.25) is 4.72 Å². The highest BCUT2D eigenvalue weighted by molar-refractivity contribution is 7.92. The summed E-state index contributed by atoms with van der Waals surface area (Å²) in [5.74, 6) is 0.657. The van der Waals surface area contributed by atoms with Gasteiger partial charge in [0.15, 0.2) is 0 Å². The second-order valence-electron chi connectivity index (χ2n) is 5.04. The Hall–Kier alpha value is -1.75. The maximum absolute atomic E-state index is 11.2. The van der Waals surface area contributed by atoms with Gasteiger partial charge < -0.3 is 4.74 Å². The minimum atomic E-state index is -3.29. The normalized spacial score (nSPS) is 16.9. The zero-order valence-electron chi connectivity index (χ0n) is 11.2. The third-order valence-electron chi connectivity index (χ3n) is 2.91. The van der Waals surface area contributed by atoms with Gasteiger partial charge in [0, 0.05) is 11.6 Å². The van der Waals surface area contributed by atoms with Crippen molar-refractivity contribution in [2.24, 2.45) is 0 Å². The lowest BCUT2D eigenvalue weighted by molar-refractivity contribution is 0.149. The van der Waals surface area contributed by atoms with Crippen LogP contribution in [-0.2, 0) is 10.0 Å². The summed E-state index contributed by atoms with van der Waals surface area (Å²) in [5.41, 5.74) is 1.92. The Morgan fingerprint density at radius 3 is 2.63 bits per heavy atom. The third-order valence-corrected chi connectivity index (χ3v) is 3.51. The first-order chi connectivity index (χ1) is 8.71. The van der Waals surface area contributed by atoms with E-state index in [1.807, 2.05) is 26.0 Å². The molecular weight excluding hydrogens is 262 g/mol. The maximum Gasteiger partial charge on any atom is 0.229 e. The molecular formula is C14H17NO3S. The first-order valence-electron chi connectivity index (χ1n) is 5.87. The maximum atomic E-state index is 11.2. The quantitative estimate of drug-likeness (QED) is 0.925. The molecule has 0 amide bonds. The summed E-state index contributed by atoms with van der Waals surface area (Å²) in [6.45, 7) is 7.67. The highest BCUT2D eigenvalue weighted by atomic mass is 32.2. The minimum absolute atomic E-state index is 0.474. The molecule has 0 aromatic heterocycles. The minimum Gasteiger partial charge on any atom is -0.482 e. The van der Waals surface area contributed by atoms with Crippen molar-refractivity contribution in [1.82, 2.24) is 0 Å². The number of fused-ring (bicyclic) bond motifs is 1. The van der Waals surface area contributed by atoms with Crippen LogP contribution in [0.15, 0.2) is 36.4 Å². The molecule has 1 heterocycles. The van der Waals surface area contributed by atoms with E-state index < -0.39 is 15.6 Å². The number of ether oxygens (including phenoxy) is 1. The topological polar surface area (TPSA) is 55.4 Å². The lowest BCUT2D eigenvalue weighted by Crippen LogP contribution is -2.32. The van der Waals surface area contributed by atoms with E-state index in [1.54, 1.807) is 18.2 Å². The van der Waals surface area contributed by atoms with Gasteiger partial charge in [-0.2, -0.15) is 0 Å². The molecule has 1 N–H and O–H groups in total. The Kier molecular flexibility index (Phi) is 3.18. The first kappa shape index (κ1) is 13.7. The Labute approximate surface area is 113 Å². The standard InChI is InChI=1S/C14H17NO3S/c1-5-11-8-10-6-7-12(15-19(4,16)17)9-13(10)18-14(11,2)3/h5-9,15H,1H2,2-4H3. The molecule has 1 aromatic rings. The van der Waals surface area contributed by atoms with Crippen LogP contribution in [0.4, 0.5) is 5.69 Å². The van der Waals surface area contributed by atoms with E-state index in [-0.39, 0.29) is 0 Å². The molecule has 19 heavy (non-hydrogen) atoms. The van der Waals surface area contributed by atoms with Crippen LogP contribution in [0, 0.1) is 0 Å². The SMILES string of the molecule is C=CC1=Cc2ccc(NS(C)(=O)=O)cc2OC1(C)C. The van der Waals surface area contributed by atoms with Crippen LogP contribution >= 0.6 is 0 Å². The molecule has 0 radical (unpaired) electrons. The number of nitrogens with one attached hydrogen (secondary N) is 1. The van der Waals surface area contributed by atoms with Gasteiger partial charge in [-0.15, -0.1) is 0 Å². The number of sulfonamides is 1. The average Bonchev–Trinajstić information content (AvgIpc) is 2.24. The molecule has 1 aromatic carbocycles. The molecule has 4 nitrogen and oxygen atoms in total. The van der Waals surface area contributed by atoms with Crippen molar-refractivity contribution >= 4 is 21.8 Å². The molecule has 5 heteroatoms. The molecule has 0 atom stereocenters. The molecule has 0 bridgehead atoms. The van der Waals surface area contributed by atoms with E-state index in [2.05, 4.69) is 11.3 Å². The summed E-state index contributed by atoms with van der Waals surface area (Å²) >= 11 is 0. The van der Waals surface area contributed by atoms with Gasteiger partial charge in [-0.25, -0.2) is 8.42 Å². The van der Waals surface area contributed by atoms with Crippen molar-refractivity contribution in [3.8, 4) is 5.75 Å². The Morgan fingerprint density at radius 1 is 1.37 bits per heavy atom. The van der Waals surface area contributed by atoms with Crippen molar-refractivity contribution in [1.29, 1.82) is 0 Å². The predicted octanol–water partition coefficient (Wildman–Crippen LogP) is 2.80. The van der Waals surface area contributed by atoms with Gasteiger partial charge in [0.25, 0.3) is 0 Å². The zero-order chi connectivity index (χ0) is 14.3. The summed E-state index contributed by atoms with van der Waals surface area (Å²) in [6, 6.07) is 5.22. The molecule has 102 valence electrons. The highest BCUT2D eigenvalue weighted by Crippen LogP contribution is 2.37. The summed E-state index contributed by atoms with van der Waals surface area (Å²) < 4.78 is 30.8. The number of hydrogen-bond acceptors (Lipinski definition) is 3. The van der Waals surface area contributed by atoms with E-state index in [0.717, 1.165) is 17.4 Å². The van der Waals surface area contributed by atoms with Crippen molar-refractivity contribution in [3.63, 3.8) is 0 Å². The summed E-state index contributed by atoms with van der Waals surface area (Å²) in [6.07, 6.45) is 4.88. The Morgan fingerprint density at radius 2 is 2.05 bits per heavy atom. The Balaban J connectivity index is 2.44. The van der Waals surface area contributed by atoms with E-state index in [1.165, 1.54) is 0 Å². The van der Waals surface area contributed by atoms with E-state index in [9.17, 15) is 8.42 Å². The van der Waals surface area contributed by atoms with Crippen LogP contribution in [0.2, 0.25) is 0 Å². The van der Waals surface area contributed by atoms with Crippen LogP contribution in [0.3, 0.4) is 0 Å². The lowest BCUT2D eigenvalue weighted by atomic mass is 9.92. The predicted molar refractivity (Wildman–Crippen MR) is 77.8 cm³/mol. The number of rotatable bonds is 3. The van der Waals surface area contributed by atoms with Gasteiger partial charge in [0.2, 0.25) is 10.0 Å². The van der Waals surface area contributed by atoms with Crippen molar-refractivity contribution < 1.29 is 13.2 Å². The molecule has 2 rings (SSSR count). The first-order valence-corrected chi connectivity index (χ1v) is 7.76. The zero-order valence-corrected chi connectivity index (χ0v) is 12.0. The molecule has 1 aliphatic heterocycles. The molecule has 0 saturated heterocycles. The molecule has 0 unspecified atom stereocenters. The molecule has 0 aliphatic carbocycles. The van der Waals surface area contributed by atoms with E-state index in [0.29, 0.717) is 11.4 Å². The van der Waals surface area contributed by atoms with Gasteiger partial charge in [0.05, 0.1) is 11.9 Å². The second kappa shape index (κ2) is 4.42. The lowest BCUT2D eigenvalue weighted by Gasteiger charge is -2.32. The van der Waals surface area contributed by atoms with Crippen LogP contribution in [0.25, 0.3) is 6.08 Å². The number of hydrogen-bond donors (Lipinski definition) is 1. The molecule has 0 fully saturated rings. The number of anilines is 1. The molecule has 1 aliphatic rings. The highest BCUT2D eigenvalue weighted by Gasteiger charge is 2.28. The largest absolute Gasteiger partial charge is 0.482 e. The summed E-state index contributed by atoms with van der Waals surface area (Å²) in [7, 11) is -3.29. The average molecular weight is 279 g/mol. The smallest absolute Gasteiger partial charge is 0.229 e. The van der Waals surface area contributed by atoms with Crippen LogP contribution < -0.4 is 9.46 Å². The monoisotopic (exact) mass is 279 g/mol. The van der Waals surface area contributed by atoms with Crippen molar-refractivity contribution in [3.05, 3.63) is 42.0 Å². The fourth-order valence-corrected chi connectivity index (χ4v) is 2.55. The third kappa shape index (κ3) is 2.98. The van der Waals surface area contributed by atoms with Crippen molar-refractivity contribution in [2.45, 2.75) is 19.4 Å². The second-order valence-corrected chi connectivity index (χ2v) is 6.79. The van der Waals surface area contributed by atoms with Crippen LogP contribution in [0.1, 0.15) is 19.4 Å². The summed E-state index contributed by atoms with van der Waals surface area (Å²) in [5, 5.41) is 0. The van der Waals surface area contributed by atoms with Gasteiger partial charge in [0.1, 0.15) is 11.4 Å². The van der Waals surface area contributed by atoms with E-state index in [4.69, 9.17) is 4.74 Å². The van der Waals surface area contributed by atoms with E-state index >= 15 is 0 Å². The molecule has 0 saturated carbocycles. The fourth-order valence-electron chi connectivity index (χ4n) is 2.00. The van der Waals surface area contributed by atoms with Crippen LogP contribution in [0.5, 0.6) is 5.75 Å². The van der Waals surface area contributed by atoms with Gasteiger partial charge >= 0.3 is 0 Å².